The van der Waals surface area contributed by atoms with Gasteiger partial charge in [0.25, 0.3) is 0 Å². The van der Waals surface area contributed by atoms with Gasteiger partial charge in [-0.05, 0) is 40.9 Å². The summed E-state index contributed by atoms with van der Waals surface area (Å²) in [6.07, 6.45) is 9.14. The fourth-order valence-corrected chi connectivity index (χ4v) is 3.80. The van der Waals surface area contributed by atoms with Crippen molar-refractivity contribution >= 4 is 0 Å². The summed E-state index contributed by atoms with van der Waals surface area (Å²) in [7, 11) is 1.80. The van der Waals surface area contributed by atoms with Crippen molar-refractivity contribution in [3.05, 3.63) is 47.6 Å². The van der Waals surface area contributed by atoms with Gasteiger partial charge >= 0.3 is 0 Å². The zero-order valence-electron chi connectivity index (χ0n) is 15.8. The molecule has 4 atom stereocenters. The molecule has 0 amide bonds. The molecule has 3 nitrogen and oxygen atoms in total. The molecule has 1 saturated heterocycles. The molecule has 1 aliphatic carbocycles. The zero-order valence-corrected chi connectivity index (χ0v) is 15.8. The summed E-state index contributed by atoms with van der Waals surface area (Å²) in [6, 6.07) is 0. The van der Waals surface area contributed by atoms with Crippen LogP contribution < -0.4 is 5.32 Å². The number of rotatable bonds is 6. The first kappa shape index (κ1) is 19.2. The average Bonchev–Trinajstić information content (AvgIpc) is 2.87. The van der Waals surface area contributed by atoms with Crippen molar-refractivity contribution in [1.29, 1.82) is 0 Å². The Morgan fingerprint density at radius 2 is 2.08 bits per heavy atom. The number of hydrogen-bond donors (Lipinski definition) is 2. The number of hydrogen-bond acceptors (Lipinski definition) is 3. The molecule has 2 aliphatic rings. The van der Waals surface area contributed by atoms with Gasteiger partial charge in [-0.1, -0.05) is 52.0 Å². The fraction of sp³-hybridized carbons (Fsp3) is 0.619. The van der Waals surface area contributed by atoms with Gasteiger partial charge in [-0.15, -0.1) is 6.58 Å². The molecule has 134 valence electrons. The minimum absolute atomic E-state index is 0.141. The van der Waals surface area contributed by atoms with Gasteiger partial charge in [0.1, 0.15) is 6.23 Å². The van der Waals surface area contributed by atoms with Gasteiger partial charge in [0.15, 0.2) is 0 Å². The quantitative estimate of drug-likeness (QED) is 0.727. The molecule has 3 heteroatoms. The van der Waals surface area contributed by atoms with E-state index in [1.807, 2.05) is 6.08 Å². The van der Waals surface area contributed by atoms with Crippen LogP contribution in [0.5, 0.6) is 0 Å². The third kappa shape index (κ3) is 4.08. The fourth-order valence-electron chi connectivity index (χ4n) is 3.80. The van der Waals surface area contributed by atoms with Crippen LogP contribution in [0.4, 0.5) is 0 Å². The molecular formula is C21H33NO2. The highest BCUT2D eigenvalue weighted by molar-refractivity contribution is 5.43. The van der Waals surface area contributed by atoms with Crippen molar-refractivity contribution in [2.45, 2.75) is 46.4 Å². The van der Waals surface area contributed by atoms with Gasteiger partial charge in [0, 0.05) is 19.6 Å². The molecule has 0 bridgehead atoms. The second-order valence-electron chi connectivity index (χ2n) is 7.62. The van der Waals surface area contributed by atoms with Gasteiger partial charge in [0.05, 0.1) is 6.10 Å². The Labute approximate surface area is 147 Å². The van der Waals surface area contributed by atoms with Gasteiger partial charge in [0.2, 0.25) is 0 Å². The number of methoxy groups -OCH3 is 1. The second kappa shape index (κ2) is 8.28. The molecule has 1 aliphatic heterocycles. The first-order chi connectivity index (χ1) is 11.4. The first-order valence-corrected chi connectivity index (χ1v) is 9.08. The lowest BCUT2D eigenvalue weighted by Gasteiger charge is -2.34. The van der Waals surface area contributed by atoms with Crippen molar-refractivity contribution < 1.29 is 9.84 Å². The highest BCUT2D eigenvalue weighted by Crippen LogP contribution is 2.36. The molecule has 24 heavy (non-hydrogen) atoms. The summed E-state index contributed by atoms with van der Waals surface area (Å²) in [5, 5.41) is 13.4. The van der Waals surface area contributed by atoms with Crippen LogP contribution in [0.15, 0.2) is 47.6 Å². The Morgan fingerprint density at radius 1 is 1.38 bits per heavy atom. The van der Waals surface area contributed by atoms with Gasteiger partial charge in [-0.3, -0.25) is 5.32 Å². The number of nitrogens with one attached hydrogen (secondary N) is 1. The van der Waals surface area contributed by atoms with E-state index in [0.29, 0.717) is 23.7 Å². The number of aliphatic hydroxyl groups excluding tert-OH is 1. The monoisotopic (exact) mass is 331 g/mol. The van der Waals surface area contributed by atoms with Crippen LogP contribution in [-0.4, -0.2) is 31.1 Å². The SMILES string of the molecule is C=CCC1CNC(O)/C1=C/C1=CC(C(C)C)C(OC)C(C(C)C)=C1. The third-order valence-electron chi connectivity index (χ3n) is 5.22. The second-order valence-corrected chi connectivity index (χ2v) is 7.62. The molecule has 2 rings (SSSR count). The molecule has 0 spiro atoms. The van der Waals surface area contributed by atoms with Gasteiger partial charge in [-0.2, -0.15) is 0 Å². The van der Waals surface area contributed by atoms with E-state index in [1.54, 1.807) is 7.11 Å². The lowest BCUT2D eigenvalue weighted by molar-refractivity contribution is 0.0721. The summed E-state index contributed by atoms with van der Waals surface area (Å²) in [5.41, 5.74) is 3.60. The molecular weight excluding hydrogens is 298 g/mol. The van der Waals surface area contributed by atoms with E-state index < -0.39 is 6.23 Å². The Hall–Kier alpha value is -1.16. The zero-order chi connectivity index (χ0) is 17.9. The minimum Gasteiger partial charge on any atom is -0.376 e. The van der Waals surface area contributed by atoms with E-state index >= 15 is 0 Å². The van der Waals surface area contributed by atoms with E-state index in [2.05, 4.69) is 57.8 Å². The topological polar surface area (TPSA) is 41.5 Å². The standard InChI is InChI=1S/C21H33NO2/c1-7-8-16-12-22-21(23)19(16)11-15-9-17(13(2)3)20(24-6)18(10-15)14(4)5/h7,9-11,13-14,16-17,20-23H,1,8,12H2,2-6H3/b19-11+. The van der Waals surface area contributed by atoms with Gasteiger partial charge in [-0.25, -0.2) is 0 Å². The van der Waals surface area contributed by atoms with Crippen LogP contribution in [0.2, 0.25) is 0 Å². The number of aliphatic hydroxyl groups is 1. The minimum atomic E-state index is -0.551. The Balaban J connectivity index is 2.40. The highest BCUT2D eigenvalue weighted by Gasteiger charge is 2.32. The summed E-state index contributed by atoms with van der Waals surface area (Å²) >= 11 is 0. The average molecular weight is 332 g/mol. The maximum absolute atomic E-state index is 10.3. The van der Waals surface area contributed by atoms with Crippen molar-refractivity contribution in [1.82, 2.24) is 5.32 Å². The predicted molar refractivity (Wildman–Crippen MR) is 101 cm³/mol. The summed E-state index contributed by atoms with van der Waals surface area (Å²) in [6.45, 7) is 13.6. The predicted octanol–water partition coefficient (Wildman–Crippen LogP) is 3.84. The van der Waals surface area contributed by atoms with Crippen LogP contribution in [0.1, 0.15) is 34.1 Å². The van der Waals surface area contributed by atoms with E-state index in [0.717, 1.165) is 18.5 Å². The van der Waals surface area contributed by atoms with E-state index in [-0.39, 0.29) is 6.10 Å². The van der Waals surface area contributed by atoms with Crippen molar-refractivity contribution in [3.63, 3.8) is 0 Å². The van der Waals surface area contributed by atoms with E-state index in [9.17, 15) is 5.11 Å². The molecule has 0 saturated carbocycles. The van der Waals surface area contributed by atoms with Crippen LogP contribution in [-0.2, 0) is 4.74 Å². The molecule has 1 heterocycles. The molecule has 4 unspecified atom stereocenters. The van der Waals surface area contributed by atoms with E-state index in [4.69, 9.17) is 4.74 Å². The van der Waals surface area contributed by atoms with Crippen molar-refractivity contribution in [3.8, 4) is 0 Å². The maximum atomic E-state index is 10.3. The first-order valence-electron chi connectivity index (χ1n) is 9.08. The lowest BCUT2D eigenvalue weighted by atomic mass is 9.77. The highest BCUT2D eigenvalue weighted by atomic mass is 16.5. The molecule has 0 aromatic heterocycles. The molecule has 0 radical (unpaired) electrons. The maximum Gasteiger partial charge on any atom is 0.127 e. The molecule has 2 N–H and O–H groups in total. The largest absolute Gasteiger partial charge is 0.376 e. The summed E-state index contributed by atoms with van der Waals surface area (Å²) in [5.74, 6) is 1.62. The van der Waals surface area contributed by atoms with Crippen LogP contribution in [0, 0.1) is 23.7 Å². The third-order valence-corrected chi connectivity index (χ3v) is 5.22. The van der Waals surface area contributed by atoms with Crippen molar-refractivity contribution in [2.75, 3.05) is 13.7 Å². The number of ether oxygens (including phenoxy) is 1. The Bertz CT molecular complexity index is 542. The molecule has 0 aromatic carbocycles. The Morgan fingerprint density at radius 3 is 2.62 bits per heavy atom. The summed E-state index contributed by atoms with van der Waals surface area (Å²) < 4.78 is 5.83. The summed E-state index contributed by atoms with van der Waals surface area (Å²) in [4.78, 5) is 0. The normalized spacial score (nSPS) is 32.4. The Kier molecular flexibility index (Phi) is 6.62. The van der Waals surface area contributed by atoms with Gasteiger partial charge < -0.3 is 9.84 Å². The lowest BCUT2D eigenvalue weighted by Crippen LogP contribution is -2.32. The van der Waals surface area contributed by atoms with Crippen LogP contribution in [0.3, 0.4) is 0 Å². The van der Waals surface area contributed by atoms with E-state index in [1.165, 1.54) is 11.1 Å². The molecule has 1 fully saturated rings. The molecule has 0 aromatic rings. The van der Waals surface area contributed by atoms with Crippen LogP contribution >= 0.6 is 0 Å². The van der Waals surface area contributed by atoms with Crippen molar-refractivity contribution in [2.24, 2.45) is 23.7 Å². The number of allylic oxidation sites excluding steroid dienone is 4. The van der Waals surface area contributed by atoms with Crippen LogP contribution in [0.25, 0.3) is 0 Å². The smallest absolute Gasteiger partial charge is 0.127 e.